The standard InChI is InChI=1S/C9H3F7N2/c10-7(8(11,12)13,9(14,15)16)6-3-5(4-17)1-2-18-6/h1-3H. The van der Waals surface area contributed by atoms with E-state index in [4.69, 9.17) is 5.26 Å². The molecular weight excluding hydrogens is 269 g/mol. The van der Waals surface area contributed by atoms with Crippen LogP contribution in [0.2, 0.25) is 0 Å². The van der Waals surface area contributed by atoms with E-state index in [0.717, 1.165) is 6.07 Å². The number of rotatable bonds is 1. The molecule has 0 spiro atoms. The third-order valence-corrected chi connectivity index (χ3v) is 2.02. The van der Waals surface area contributed by atoms with Gasteiger partial charge in [0.05, 0.1) is 17.3 Å². The van der Waals surface area contributed by atoms with Gasteiger partial charge in [0.2, 0.25) is 0 Å². The molecule has 0 aliphatic heterocycles. The van der Waals surface area contributed by atoms with Crippen molar-refractivity contribution in [3.8, 4) is 6.07 Å². The van der Waals surface area contributed by atoms with Crippen LogP contribution in [0.5, 0.6) is 0 Å². The highest BCUT2D eigenvalue weighted by molar-refractivity contribution is 5.32. The predicted molar refractivity (Wildman–Crippen MR) is 43.8 cm³/mol. The highest BCUT2D eigenvalue weighted by atomic mass is 19.4. The summed E-state index contributed by atoms with van der Waals surface area (Å²) in [5, 5.41) is 8.37. The summed E-state index contributed by atoms with van der Waals surface area (Å²) in [5.74, 6) is 0. The van der Waals surface area contributed by atoms with Gasteiger partial charge in [0.25, 0.3) is 0 Å². The fraction of sp³-hybridized carbons (Fsp3) is 0.333. The molecule has 0 amide bonds. The Morgan fingerprint density at radius 2 is 1.50 bits per heavy atom. The van der Waals surface area contributed by atoms with Crippen molar-refractivity contribution in [3.63, 3.8) is 0 Å². The van der Waals surface area contributed by atoms with Crippen molar-refractivity contribution in [3.05, 3.63) is 29.6 Å². The Labute approximate surface area is 95.7 Å². The van der Waals surface area contributed by atoms with Crippen LogP contribution in [-0.4, -0.2) is 17.3 Å². The molecular formula is C9H3F7N2. The van der Waals surface area contributed by atoms with Gasteiger partial charge in [-0.25, -0.2) is 4.39 Å². The second-order valence-electron chi connectivity index (χ2n) is 3.20. The Kier molecular flexibility index (Phi) is 3.25. The lowest BCUT2D eigenvalue weighted by molar-refractivity contribution is -0.350. The first-order valence-electron chi connectivity index (χ1n) is 4.23. The molecule has 1 rings (SSSR count). The van der Waals surface area contributed by atoms with Crippen LogP contribution in [0.3, 0.4) is 0 Å². The zero-order chi connectivity index (χ0) is 14.2. The maximum Gasteiger partial charge on any atom is 0.437 e. The number of nitriles is 1. The van der Waals surface area contributed by atoms with Crippen molar-refractivity contribution < 1.29 is 30.7 Å². The molecule has 0 aromatic carbocycles. The smallest absolute Gasteiger partial charge is 0.257 e. The Morgan fingerprint density at radius 3 is 1.89 bits per heavy atom. The quantitative estimate of drug-likeness (QED) is 0.736. The first-order valence-corrected chi connectivity index (χ1v) is 4.23. The molecule has 0 radical (unpaired) electrons. The van der Waals surface area contributed by atoms with E-state index in [0.29, 0.717) is 6.20 Å². The van der Waals surface area contributed by atoms with Crippen molar-refractivity contribution >= 4 is 0 Å². The lowest BCUT2D eigenvalue weighted by Gasteiger charge is -2.29. The molecule has 9 heteroatoms. The zero-order valence-electron chi connectivity index (χ0n) is 8.27. The minimum absolute atomic E-state index is 0.112. The van der Waals surface area contributed by atoms with E-state index in [-0.39, 0.29) is 6.07 Å². The van der Waals surface area contributed by atoms with Crippen molar-refractivity contribution in [2.45, 2.75) is 18.0 Å². The molecule has 18 heavy (non-hydrogen) atoms. The Bertz CT molecular complexity index is 469. The molecule has 0 saturated heterocycles. The Balaban J connectivity index is 3.51. The van der Waals surface area contributed by atoms with Crippen molar-refractivity contribution in [2.24, 2.45) is 0 Å². The number of nitrogens with zero attached hydrogens (tertiary/aromatic N) is 2. The maximum atomic E-state index is 13.4. The summed E-state index contributed by atoms with van der Waals surface area (Å²) in [4.78, 5) is 2.73. The minimum Gasteiger partial charge on any atom is -0.257 e. The van der Waals surface area contributed by atoms with Crippen LogP contribution in [-0.2, 0) is 5.67 Å². The molecule has 0 N–H and O–H groups in total. The molecule has 0 unspecified atom stereocenters. The van der Waals surface area contributed by atoms with Crippen LogP contribution >= 0.6 is 0 Å². The first kappa shape index (κ1) is 14.2. The van der Waals surface area contributed by atoms with Gasteiger partial charge in [-0.05, 0) is 12.1 Å². The number of pyridine rings is 1. The molecule has 0 saturated carbocycles. The lowest BCUT2D eigenvalue weighted by atomic mass is 9.98. The summed E-state index contributed by atoms with van der Waals surface area (Å²) in [6, 6.07) is 2.27. The summed E-state index contributed by atoms with van der Waals surface area (Å²) >= 11 is 0. The lowest BCUT2D eigenvalue weighted by Crippen LogP contribution is -2.51. The normalized spacial score (nSPS) is 13.2. The van der Waals surface area contributed by atoms with Crippen molar-refractivity contribution in [2.75, 3.05) is 0 Å². The van der Waals surface area contributed by atoms with Gasteiger partial charge in [0.1, 0.15) is 0 Å². The van der Waals surface area contributed by atoms with Crippen LogP contribution in [0.1, 0.15) is 11.3 Å². The average Bonchev–Trinajstić information content (AvgIpc) is 2.25. The van der Waals surface area contributed by atoms with Gasteiger partial charge in [-0.1, -0.05) is 0 Å². The number of hydrogen-bond acceptors (Lipinski definition) is 2. The summed E-state index contributed by atoms with van der Waals surface area (Å²) < 4.78 is 87.3. The molecule has 0 atom stereocenters. The van der Waals surface area contributed by atoms with Crippen LogP contribution in [0.15, 0.2) is 18.3 Å². The molecule has 0 bridgehead atoms. The SMILES string of the molecule is N#Cc1ccnc(C(F)(C(F)(F)F)C(F)(F)F)c1. The number of aromatic nitrogens is 1. The van der Waals surface area contributed by atoms with E-state index in [1.54, 1.807) is 0 Å². The predicted octanol–water partition coefficient (Wildman–Crippen LogP) is 3.24. The van der Waals surface area contributed by atoms with Crippen molar-refractivity contribution in [1.82, 2.24) is 4.98 Å². The van der Waals surface area contributed by atoms with Crippen LogP contribution in [0.25, 0.3) is 0 Å². The summed E-state index contributed by atoms with van der Waals surface area (Å²) in [7, 11) is 0. The van der Waals surface area contributed by atoms with E-state index in [1.807, 2.05) is 0 Å². The molecule has 1 heterocycles. The molecule has 0 aliphatic carbocycles. The fourth-order valence-electron chi connectivity index (χ4n) is 1.14. The summed E-state index contributed by atoms with van der Waals surface area (Å²) in [6.45, 7) is 0. The van der Waals surface area contributed by atoms with E-state index in [2.05, 4.69) is 4.98 Å². The largest absolute Gasteiger partial charge is 0.437 e. The highest BCUT2D eigenvalue weighted by Crippen LogP contribution is 2.52. The molecule has 0 aliphatic rings. The van der Waals surface area contributed by atoms with Gasteiger partial charge in [-0.2, -0.15) is 31.6 Å². The third kappa shape index (κ3) is 2.10. The van der Waals surface area contributed by atoms with E-state index in [9.17, 15) is 30.7 Å². The van der Waals surface area contributed by atoms with E-state index >= 15 is 0 Å². The summed E-state index contributed by atoms with van der Waals surface area (Å²) in [6.07, 6.45) is -12.0. The highest BCUT2D eigenvalue weighted by Gasteiger charge is 2.74. The number of hydrogen-bond donors (Lipinski definition) is 0. The second-order valence-corrected chi connectivity index (χ2v) is 3.20. The third-order valence-electron chi connectivity index (χ3n) is 2.02. The molecule has 1 aromatic rings. The molecule has 2 nitrogen and oxygen atoms in total. The van der Waals surface area contributed by atoms with Gasteiger partial charge in [-0.3, -0.25) is 4.98 Å². The fourth-order valence-corrected chi connectivity index (χ4v) is 1.14. The topological polar surface area (TPSA) is 36.7 Å². The van der Waals surface area contributed by atoms with Crippen molar-refractivity contribution in [1.29, 1.82) is 5.26 Å². The van der Waals surface area contributed by atoms with E-state index < -0.39 is 29.3 Å². The van der Waals surface area contributed by atoms with Gasteiger partial charge in [0, 0.05) is 6.20 Å². The van der Waals surface area contributed by atoms with Gasteiger partial charge in [-0.15, -0.1) is 0 Å². The number of alkyl halides is 7. The Hall–Kier alpha value is -1.85. The van der Waals surface area contributed by atoms with Crippen LogP contribution in [0.4, 0.5) is 30.7 Å². The second kappa shape index (κ2) is 4.12. The first-order chi connectivity index (χ1) is 8.04. The van der Waals surface area contributed by atoms with Gasteiger partial charge in [0.15, 0.2) is 0 Å². The monoisotopic (exact) mass is 272 g/mol. The average molecular weight is 272 g/mol. The summed E-state index contributed by atoms with van der Waals surface area (Å²) in [5.41, 5.74) is -8.08. The van der Waals surface area contributed by atoms with Gasteiger partial charge >= 0.3 is 18.0 Å². The van der Waals surface area contributed by atoms with Crippen LogP contribution in [0, 0.1) is 11.3 Å². The van der Waals surface area contributed by atoms with Crippen LogP contribution < -0.4 is 0 Å². The number of halogens is 7. The van der Waals surface area contributed by atoms with E-state index in [1.165, 1.54) is 6.07 Å². The molecule has 98 valence electrons. The molecule has 0 fully saturated rings. The zero-order valence-corrected chi connectivity index (χ0v) is 8.27. The Morgan fingerprint density at radius 1 is 1.00 bits per heavy atom. The minimum atomic E-state index is -6.23. The van der Waals surface area contributed by atoms with Gasteiger partial charge < -0.3 is 0 Å². The maximum absolute atomic E-state index is 13.4. The molecule has 1 aromatic heterocycles.